The van der Waals surface area contributed by atoms with Gasteiger partial charge in [0.15, 0.2) is 0 Å². The van der Waals surface area contributed by atoms with Gasteiger partial charge in [-0.15, -0.1) is 11.8 Å². The first kappa shape index (κ1) is 18.3. The number of nitrogens with one attached hydrogen (secondary N) is 1. The van der Waals surface area contributed by atoms with Crippen molar-refractivity contribution in [2.24, 2.45) is 5.92 Å². The van der Waals surface area contributed by atoms with Crippen molar-refractivity contribution in [3.63, 3.8) is 0 Å². The lowest BCUT2D eigenvalue weighted by Gasteiger charge is -2.30. The molecule has 1 N–H and O–H groups in total. The number of thioether (sulfide) groups is 1. The van der Waals surface area contributed by atoms with Gasteiger partial charge in [-0.05, 0) is 44.2 Å². The molecule has 0 atom stereocenters. The maximum Gasteiger partial charge on any atom is 0.313 e. The Bertz CT molecular complexity index is 612. The van der Waals surface area contributed by atoms with Crippen molar-refractivity contribution in [3.8, 4) is 0 Å². The normalized spacial score (nSPS) is 15.0. The summed E-state index contributed by atoms with van der Waals surface area (Å²) in [6.45, 7) is 2.91. The predicted octanol–water partition coefficient (Wildman–Crippen LogP) is 2.15. The van der Waals surface area contributed by atoms with Gasteiger partial charge in [-0.2, -0.15) is 0 Å². The second-order valence-electron chi connectivity index (χ2n) is 5.50. The van der Waals surface area contributed by atoms with Crippen LogP contribution in [0, 0.1) is 5.92 Å². The van der Waals surface area contributed by atoms with Crippen molar-refractivity contribution in [2.45, 2.75) is 24.7 Å². The largest absolute Gasteiger partial charge is 0.466 e. The maximum absolute atomic E-state index is 12.3. The number of ether oxygens (including phenoxy) is 1. The highest BCUT2D eigenvalue weighted by molar-refractivity contribution is 7.98. The smallest absolute Gasteiger partial charge is 0.313 e. The Morgan fingerprint density at radius 1 is 1.29 bits per heavy atom. The van der Waals surface area contributed by atoms with E-state index in [1.54, 1.807) is 24.8 Å². The number of benzene rings is 1. The fourth-order valence-corrected chi connectivity index (χ4v) is 3.07. The Kier molecular flexibility index (Phi) is 6.66. The third-order valence-electron chi connectivity index (χ3n) is 3.92. The Morgan fingerprint density at radius 3 is 2.62 bits per heavy atom. The summed E-state index contributed by atoms with van der Waals surface area (Å²) in [4.78, 5) is 38.6. The summed E-state index contributed by atoms with van der Waals surface area (Å²) in [5.41, 5.74) is 0.599. The standard InChI is InChI=1S/C17H22N2O4S/c1-3-23-17(22)12-7-9-19(10-8-12)16(21)15(20)18-13-5-4-6-14(11-13)24-2/h4-6,11-12H,3,7-10H2,1-2H3,(H,18,20). The van der Waals surface area contributed by atoms with Gasteiger partial charge in [0.25, 0.3) is 0 Å². The van der Waals surface area contributed by atoms with Crippen LogP contribution in [-0.2, 0) is 19.1 Å². The topological polar surface area (TPSA) is 75.7 Å². The molecule has 6 nitrogen and oxygen atoms in total. The van der Waals surface area contributed by atoms with E-state index in [9.17, 15) is 14.4 Å². The Hall–Kier alpha value is -2.02. The van der Waals surface area contributed by atoms with E-state index in [4.69, 9.17) is 4.74 Å². The van der Waals surface area contributed by atoms with Crippen molar-refractivity contribution in [1.29, 1.82) is 0 Å². The minimum atomic E-state index is -0.650. The minimum absolute atomic E-state index is 0.185. The van der Waals surface area contributed by atoms with Gasteiger partial charge in [0.1, 0.15) is 0 Å². The zero-order chi connectivity index (χ0) is 17.5. The number of carbonyl (C=O) groups excluding carboxylic acids is 3. The number of likely N-dealkylation sites (tertiary alicyclic amines) is 1. The van der Waals surface area contributed by atoms with Crippen LogP contribution in [0.3, 0.4) is 0 Å². The lowest BCUT2D eigenvalue weighted by Crippen LogP contribution is -2.45. The van der Waals surface area contributed by atoms with E-state index >= 15 is 0 Å². The summed E-state index contributed by atoms with van der Waals surface area (Å²) < 4.78 is 5.00. The van der Waals surface area contributed by atoms with Gasteiger partial charge in [-0.3, -0.25) is 14.4 Å². The summed E-state index contributed by atoms with van der Waals surface area (Å²) in [5.74, 6) is -1.62. The fourth-order valence-electron chi connectivity index (χ4n) is 2.61. The van der Waals surface area contributed by atoms with Crippen molar-refractivity contribution in [3.05, 3.63) is 24.3 Å². The van der Waals surface area contributed by atoms with Crippen LogP contribution in [0.4, 0.5) is 5.69 Å². The SMILES string of the molecule is CCOC(=O)C1CCN(C(=O)C(=O)Nc2cccc(SC)c2)CC1. The first-order valence-corrected chi connectivity index (χ1v) is 9.18. The highest BCUT2D eigenvalue weighted by Crippen LogP contribution is 2.21. The lowest BCUT2D eigenvalue weighted by molar-refractivity contribution is -0.152. The van der Waals surface area contributed by atoms with Gasteiger partial charge in [0.05, 0.1) is 12.5 Å². The number of piperidine rings is 1. The second-order valence-corrected chi connectivity index (χ2v) is 6.38. The molecule has 0 saturated carbocycles. The molecule has 130 valence electrons. The lowest BCUT2D eigenvalue weighted by atomic mass is 9.97. The van der Waals surface area contributed by atoms with E-state index < -0.39 is 11.8 Å². The fraction of sp³-hybridized carbons (Fsp3) is 0.471. The third kappa shape index (κ3) is 4.74. The van der Waals surface area contributed by atoms with Crippen LogP contribution < -0.4 is 5.32 Å². The number of hydrogen-bond acceptors (Lipinski definition) is 5. The number of rotatable bonds is 4. The van der Waals surface area contributed by atoms with Crippen LogP contribution in [0.2, 0.25) is 0 Å². The molecule has 1 aromatic carbocycles. The van der Waals surface area contributed by atoms with Gasteiger partial charge < -0.3 is 15.0 Å². The van der Waals surface area contributed by atoms with Crippen LogP contribution in [0.1, 0.15) is 19.8 Å². The highest BCUT2D eigenvalue weighted by atomic mass is 32.2. The van der Waals surface area contributed by atoms with Crippen LogP contribution in [-0.4, -0.2) is 48.6 Å². The van der Waals surface area contributed by atoms with E-state index in [1.807, 2.05) is 24.5 Å². The van der Waals surface area contributed by atoms with Crippen LogP contribution >= 0.6 is 11.8 Å². The van der Waals surface area contributed by atoms with E-state index in [2.05, 4.69) is 5.32 Å². The van der Waals surface area contributed by atoms with Crippen molar-refractivity contribution in [2.75, 3.05) is 31.3 Å². The number of amides is 2. The zero-order valence-electron chi connectivity index (χ0n) is 13.9. The number of hydrogen-bond donors (Lipinski definition) is 1. The summed E-state index contributed by atoms with van der Waals surface area (Å²) in [6.07, 6.45) is 3.00. The van der Waals surface area contributed by atoms with Crippen LogP contribution in [0.25, 0.3) is 0 Å². The molecule has 7 heteroatoms. The molecule has 0 spiro atoms. The number of carbonyl (C=O) groups is 3. The molecule has 1 aliphatic heterocycles. The molecule has 24 heavy (non-hydrogen) atoms. The van der Waals surface area contributed by atoms with Gasteiger partial charge in [0, 0.05) is 23.7 Å². The third-order valence-corrected chi connectivity index (χ3v) is 4.65. The first-order valence-electron chi connectivity index (χ1n) is 7.96. The average molecular weight is 350 g/mol. The molecule has 0 unspecified atom stereocenters. The molecule has 1 fully saturated rings. The molecule has 0 aliphatic carbocycles. The van der Waals surface area contributed by atoms with E-state index in [-0.39, 0.29) is 11.9 Å². The molecule has 0 aromatic heterocycles. The Labute approximate surface area is 145 Å². The molecule has 1 aliphatic rings. The summed E-state index contributed by atoms with van der Waals surface area (Å²) >= 11 is 1.56. The first-order chi connectivity index (χ1) is 11.5. The molecule has 1 heterocycles. The molecule has 1 aromatic rings. The van der Waals surface area contributed by atoms with Gasteiger partial charge in [-0.1, -0.05) is 6.07 Å². The van der Waals surface area contributed by atoms with Crippen LogP contribution in [0.15, 0.2) is 29.2 Å². The Morgan fingerprint density at radius 2 is 2.00 bits per heavy atom. The molecular weight excluding hydrogens is 328 g/mol. The van der Waals surface area contributed by atoms with Crippen molar-refractivity contribution >= 4 is 35.2 Å². The summed E-state index contributed by atoms with van der Waals surface area (Å²) in [5, 5.41) is 2.63. The monoisotopic (exact) mass is 350 g/mol. The average Bonchev–Trinajstić information content (AvgIpc) is 2.61. The number of anilines is 1. The van der Waals surface area contributed by atoms with Gasteiger partial charge in [-0.25, -0.2) is 0 Å². The molecule has 2 amide bonds. The molecular formula is C17H22N2O4S. The Balaban J connectivity index is 1.88. The van der Waals surface area contributed by atoms with Crippen molar-refractivity contribution < 1.29 is 19.1 Å². The molecule has 1 saturated heterocycles. The maximum atomic E-state index is 12.3. The van der Waals surface area contributed by atoms with E-state index in [0.29, 0.717) is 38.2 Å². The van der Waals surface area contributed by atoms with Crippen molar-refractivity contribution in [1.82, 2.24) is 4.90 Å². The van der Waals surface area contributed by atoms with Gasteiger partial charge >= 0.3 is 17.8 Å². The minimum Gasteiger partial charge on any atom is -0.466 e. The zero-order valence-corrected chi connectivity index (χ0v) is 14.7. The number of nitrogens with zero attached hydrogens (tertiary/aromatic N) is 1. The van der Waals surface area contributed by atoms with E-state index in [1.165, 1.54) is 4.90 Å². The summed E-state index contributed by atoms with van der Waals surface area (Å²) in [7, 11) is 0. The second kappa shape index (κ2) is 8.73. The number of esters is 1. The summed E-state index contributed by atoms with van der Waals surface area (Å²) in [6, 6.07) is 7.33. The highest BCUT2D eigenvalue weighted by Gasteiger charge is 2.30. The predicted molar refractivity (Wildman–Crippen MR) is 92.8 cm³/mol. The molecule has 0 radical (unpaired) electrons. The molecule has 0 bridgehead atoms. The molecule has 2 rings (SSSR count). The van der Waals surface area contributed by atoms with E-state index in [0.717, 1.165) is 4.90 Å². The quantitative estimate of drug-likeness (QED) is 0.512. The van der Waals surface area contributed by atoms with Gasteiger partial charge in [0.2, 0.25) is 0 Å². The van der Waals surface area contributed by atoms with Crippen LogP contribution in [0.5, 0.6) is 0 Å².